The minimum absolute atomic E-state index is 0.121. The van der Waals surface area contributed by atoms with E-state index in [1.165, 1.54) is 19.2 Å². The van der Waals surface area contributed by atoms with Crippen molar-refractivity contribution in [1.82, 2.24) is 0 Å². The van der Waals surface area contributed by atoms with E-state index in [9.17, 15) is 13.2 Å². The molecule has 1 atom stereocenters. The van der Waals surface area contributed by atoms with Gasteiger partial charge in [0.05, 0.1) is 17.4 Å². The third-order valence-corrected chi connectivity index (χ3v) is 4.03. The Morgan fingerprint density at radius 3 is 2.60 bits per heavy atom. The molecule has 0 aliphatic heterocycles. The molecular formula is C13H20N2O4S. The van der Waals surface area contributed by atoms with E-state index in [0.717, 1.165) is 11.8 Å². The molecule has 7 heteroatoms. The monoisotopic (exact) mass is 300 g/mol. The Morgan fingerprint density at radius 2 is 2.10 bits per heavy atom. The average Bonchev–Trinajstić information content (AvgIpc) is 2.37. The summed E-state index contributed by atoms with van der Waals surface area (Å²) < 4.78 is 28.0. The summed E-state index contributed by atoms with van der Waals surface area (Å²) in [7, 11) is -1.82. The van der Waals surface area contributed by atoms with Crippen molar-refractivity contribution in [3.8, 4) is 0 Å². The predicted molar refractivity (Wildman–Crippen MR) is 77.4 cm³/mol. The Kier molecular flexibility index (Phi) is 5.67. The molecule has 0 aliphatic rings. The van der Waals surface area contributed by atoms with E-state index in [4.69, 9.17) is 10.5 Å². The molecule has 0 spiro atoms. The van der Waals surface area contributed by atoms with Crippen LogP contribution in [0.4, 0.5) is 5.69 Å². The van der Waals surface area contributed by atoms with Gasteiger partial charge in [-0.3, -0.25) is 4.79 Å². The Balaban J connectivity index is 2.89. The lowest BCUT2D eigenvalue weighted by Gasteiger charge is -2.14. The zero-order valence-electron chi connectivity index (χ0n) is 11.8. The number of nitrogens with two attached hydrogens (primary N) is 1. The second-order valence-corrected chi connectivity index (χ2v) is 6.61. The van der Waals surface area contributed by atoms with Crippen LogP contribution in [-0.2, 0) is 19.4 Å². The van der Waals surface area contributed by atoms with Gasteiger partial charge in [-0.25, -0.2) is 8.42 Å². The van der Waals surface area contributed by atoms with Crippen molar-refractivity contribution < 1.29 is 17.9 Å². The molecule has 1 aromatic rings. The maximum atomic E-state index is 11.9. The molecule has 6 nitrogen and oxygen atoms in total. The van der Waals surface area contributed by atoms with Gasteiger partial charge in [0.15, 0.2) is 9.84 Å². The third-order valence-electron chi connectivity index (χ3n) is 2.92. The topological polar surface area (TPSA) is 98.5 Å². The van der Waals surface area contributed by atoms with Gasteiger partial charge in [0.2, 0.25) is 5.91 Å². The summed E-state index contributed by atoms with van der Waals surface area (Å²) in [5.74, 6) is -0.268. The normalized spacial score (nSPS) is 13.0. The Bertz CT molecular complexity index is 580. The molecule has 0 aromatic heterocycles. The maximum Gasteiger partial charge on any atom is 0.227 e. The zero-order chi connectivity index (χ0) is 15.3. The molecule has 0 radical (unpaired) electrons. The number of carbonyl (C=O) groups excluding carboxylic acids is 1. The van der Waals surface area contributed by atoms with Gasteiger partial charge in [-0.2, -0.15) is 0 Å². The van der Waals surface area contributed by atoms with Crippen LogP contribution in [0.3, 0.4) is 0 Å². The first-order valence-corrected chi connectivity index (χ1v) is 8.00. The van der Waals surface area contributed by atoms with E-state index in [-0.39, 0.29) is 29.9 Å². The standard InChI is InChI=1S/C13H20N2O4S/c1-9-4-5-11(20(3,17)18)7-12(9)15-13(16)6-10(8-14)19-2/h4-5,7,10H,6,8,14H2,1-3H3,(H,15,16). The first-order valence-electron chi connectivity index (χ1n) is 6.11. The number of amides is 1. The number of aryl methyl sites for hydroxylation is 1. The first kappa shape index (κ1) is 16.6. The van der Waals surface area contributed by atoms with Crippen LogP contribution in [0.5, 0.6) is 0 Å². The van der Waals surface area contributed by atoms with E-state index in [2.05, 4.69) is 5.32 Å². The summed E-state index contributed by atoms with van der Waals surface area (Å²) in [4.78, 5) is 12.0. The number of anilines is 1. The van der Waals surface area contributed by atoms with Gasteiger partial charge < -0.3 is 15.8 Å². The number of sulfone groups is 1. The number of hydrogen-bond acceptors (Lipinski definition) is 5. The zero-order valence-corrected chi connectivity index (χ0v) is 12.7. The minimum atomic E-state index is -3.31. The van der Waals surface area contributed by atoms with E-state index < -0.39 is 9.84 Å². The Morgan fingerprint density at radius 1 is 1.45 bits per heavy atom. The predicted octanol–water partition coefficient (Wildman–Crippen LogP) is 0.701. The number of benzene rings is 1. The first-order chi connectivity index (χ1) is 9.27. The van der Waals surface area contributed by atoms with Crippen molar-refractivity contribution in [2.24, 2.45) is 5.73 Å². The summed E-state index contributed by atoms with van der Waals surface area (Å²) in [6, 6.07) is 4.62. The number of rotatable bonds is 6. The average molecular weight is 300 g/mol. The van der Waals surface area contributed by atoms with Crippen molar-refractivity contribution in [1.29, 1.82) is 0 Å². The van der Waals surface area contributed by atoms with E-state index >= 15 is 0 Å². The molecule has 0 aliphatic carbocycles. The Labute approximate surface area is 119 Å². The minimum Gasteiger partial charge on any atom is -0.380 e. The van der Waals surface area contributed by atoms with Crippen LogP contribution >= 0.6 is 0 Å². The van der Waals surface area contributed by atoms with Crippen LogP contribution in [0, 0.1) is 6.92 Å². The van der Waals surface area contributed by atoms with E-state index in [1.54, 1.807) is 13.0 Å². The lowest BCUT2D eigenvalue weighted by Crippen LogP contribution is -2.28. The lowest BCUT2D eigenvalue weighted by atomic mass is 10.2. The molecule has 0 heterocycles. The van der Waals surface area contributed by atoms with Gasteiger partial charge >= 0.3 is 0 Å². The van der Waals surface area contributed by atoms with Crippen LogP contribution in [0.2, 0.25) is 0 Å². The van der Waals surface area contributed by atoms with Gasteiger partial charge in [-0.15, -0.1) is 0 Å². The fourth-order valence-electron chi connectivity index (χ4n) is 1.64. The van der Waals surface area contributed by atoms with Crippen molar-refractivity contribution in [3.63, 3.8) is 0 Å². The highest BCUT2D eigenvalue weighted by Crippen LogP contribution is 2.20. The molecule has 3 N–H and O–H groups in total. The molecule has 0 bridgehead atoms. The van der Waals surface area contributed by atoms with Crippen molar-refractivity contribution in [2.45, 2.75) is 24.3 Å². The van der Waals surface area contributed by atoms with Gasteiger partial charge in [0.1, 0.15) is 0 Å². The summed E-state index contributed by atoms with van der Waals surface area (Å²) >= 11 is 0. The largest absolute Gasteiger partial charge is 0.380 e. The molecule has 0 fully saturated rings. The molecule has 112 valence electrons. The van der Waals surface area contributed by atoms with Gasteiger partial charge in [0.25, 0.3) is 0 Å². The van der Waals surface area contributed by atoms with Gasteiger partial charge in [-0.05, 0) is 24.6 Å². The highest BCUT2D eigenvalue weighted by molar-refractivity contribution is 7.90. The second kappa shape index (κ2) is 6.83. The number of methoxy groups -OCH3 is 1. The highest BCUT2D eigenvalue weighted by Gasteiger charge is 2.14. The number of ether oxygens (including phenoxy) is 1. The molecule has 1 rings (SSSR count). The quantitative estimate of drug-likeness (QED) is 0.806. The molecule has 1 unspecified atom stereocenters. The second-order valence-electron chi connectivity index (χ2n) is 4.59. The van der Waals surface area contributed by atoms with Crippen molar-refractivity contribution in [3.05, 3.63) is 23.8 Å². The SMILES string of the molecule is COC(CN)CC(=O)Nc1cc(S(C)(=O)=O)ccc1C. The van der Waals surface area contributed by atoms with Gasteiger partial charge in [0, 0.05) is 25.6 Å². The summed E-state index contributed by atoms with van der Waals surface area (Å²) in [6.45, 7) is 2.03. The molecular weight excluding hydrogens is 280 g/mol. The molecule has 1 aromatic carbocycles. The number of carbonyl (C=O) groups is 1. The Hall–Kier alpha value is -1.44. The maximum absolute atomic E-state index is 11.9. The van der Waals surface area contributed by atoms with Crippen LogP contribution < -0.4 is 11.1 Å². The molecule has 0 saturated carbocycles. The summed E-state index contributed by atoms with van der Waals surface area (Å²) in [5.41, 5.74) is 6.71. The number of hydrogen-bond donors (Lipinski definition) is 2. The highest BCUT2D eigenvalue weighted by atomic mass is 32.2. The molecule has 20 heavy (non-hydrogen) atoms. The summed E-state index contributed by atoms with van der Waals surface area (Å²) in [5, 5.41) is 2.68. The lowest BCUT2D eigenvalue weighted by molar-refractivity contribution is -0.118. The van der Waals surface area contributed by atoms with Gasteiger partial charge in [-0.1, -0.05) is 6.07 Å². The fourth-order valence-corrected chi connectivity index (χ4v) is 2.28. The van der Waals surface area contributed by atoms with Crippen LogP contribution in [0.15, 0.2) is 23.1 Å². The van der Waals surface area contributed by atoms with Crippen LogP contribution in [-0.4, -0.2) is 40.3 Å². The number of nitrogens with one attached hydrogen (secondary N) is 1. The van der Waals surface area contributed by atoms with Crippen LogP contribution in [0.25, 0.3) is 0 Å². The van der Waals surface area contributed by atoms with Crippen molar-refractivity contribution >= 4 is 21.4 Å². The van der Waals surface area contributed by atoms with Crippen LogP contribution in [0.1, 0.15) is 12.0 Å². The molecule has 1 amide bonds. The summed E-state index contributed by atoms with van der Waals surface area (Å²) in [6.07, 6.45) is 0.891. The van der Waals surface area contributed by atoms with Crippen molar-refractivity contribution in [2.75, 3.05) is 25.2 Å². The van der Waals surface area contributed by atoms with E-state index in [1.807, 2.05) is 0 Å². The van der Waals surface area contributed by atoms with E-state index in [0.29, 0.717) is 5.69 Å². The smallest absolute Gasteiger partial charge is 0.227 e. The fraction of sp³-hybridized carbons (Fsp3) is 0.462. The third kappa shape index (κ3) is 4.59. The molecule has 0 saturated heterocycles.